The van der Waals surface area contributed by atoms with E-state index in [9.17, 15) is 0 Å². The van der Waals surface area contributed by atoms with E-state index in [1.54, 1.807) is 0 Å². The van der Waals surface area contributed by atoms with Crippen molar-refractivity contribution >= 4 is 72.4 Å². The summed E-state index contributed by atoms with van der Waals surface area (Å²) in [7, 11) is -2.92. The molecule has 0 aliphatic rings. The summed E-state index contributed by atoms with van der Waals surface area (Å²) in [6.07, 6.45) is 0. The number of hydrogen-bond donors (Lipinski definition) is 0. The number of nitrogens with zero attached hydrogens (tertiary/aromatic N) is 2. The molecule has 2 heterocycles. The molecule has 0 N–H and O–H groups in total. The number of benzene rings is 10. The number of aromatic nitrogens is 2. The Kier molecular flexibility index (Phi) is 8.87. The predicted octanol–water partition coefficient (Wildman–Crippen LogP) is 12.6. The predicted molar refractivity (Wildman–Crippen MR) is 270 cm³/mol. The maximum Gasteiger partial charge on any atom is 0.181 e. The molecular formula is C60H42N2Si. The first kappa shape index (κ1) is 36.8. The van der Waals surface area contributed by atoms with Crippen molar-refractivity contribution < 1.29 is 0 Å². The van der Waals surface area contributed by atoms with Crippen LogP contribution in [0.25, 0.3) is 77.2 Å². The van der Waals surface area contributed by atoms with E-state index in [1.807, 2.05) is 0 Å². The van der Waals surface area contributed by atoms with Crippen molar-refractivity contribution in [3.05, 3.63) is 255 Å². The van der Waals surface area contributed by atoms with E-state index in [4.69, 9.17) is 0 Å². The lowest BCUT2D eigenvalue weighted by atomic mass is 9.98. The van der Waals surface area contributed by atoms with Gasteiger partial charge in [-0.25, -0.2) is 0 Å². The molecule has 2 aromatic heterocycles. The molecular weight excluding hydrogens is 777 g/mol. The molecule has 0 bridgehead atoms. The van der Waals surface area contributed by atoms with Crippen LogP contribution in [-0.4, -0.2) is 17.2 Å². The van der Waals surface area contributed by atoms with E-state index >= 15 is 0 Å². The summed E-state index contributed by atoms with van der Waals surface area (Å²) >= 11 is 0. The Hall–Kier alpha value is -7.98. The van der Waals surface area contributed by atoms with Gasteiger partial charge in [-0.3, -0.25) is 0 Å². The molecule has 0 spiro atoms. The van der Waals surface area contributed by atoms with Gasteiger partial charge in [0.1, 0.15) is 0 Å². The second-order valence-electron chi connectivity index (χ2n) is 16.4. The van der Waals surface area contributed by atoms with Gasteiger partial charge in [-0.05, 0) is 79.9 Å². The number of hydrogen-bond acceptors (Lipinski definition) is 0. The zero-order valence-corrected chi connectivity index (χ0v) is 35.6. The maximum atomic E-state index is 2.56. The van der Waals surface area contributed by atoms with Crippen LogP contribution < -0.4 is 20.7 Å². The molecule has 10 aromatic carbocycles. The maximum absolute atomic E-state index is 2.92. The highest BCUT2D eigenvalue weighted by atomic mass is 28.3. The Bertz CT molecular complexity index is 3510. The van der Waals surface area contributed by atoms with E-state index in [0.717, 1.165) is 11.4 Å². The monoisotopic (exact) mass is 818 g/mol. The van der Waals surface area contributed by atoms with Crippen LogP contribution in [0.2, 0.25) is 0 Å². The molecule has 2 nitrogen and oxygen atoms in total. The molecule has 0 amide bonds. The van der Waals surface area contributed by atoms with Crippen molar-refractivity contribution in [3.8, 4) is 33.6 Å². The Labute approximate surface area is 368 Å². The molecule has 0 saturated carbocycles. The molecule has 0 radical (unpaired) electrons. The van der Waals surface area contributed by atoms with Crippen LogP contribution in [0.4, 0.5) is 0 Å². The van der Waals surface area contributed by atoms with Gasteiger partial charge in [0.2, 0.25) is 0 Å². The fourth-order valence-electron chi connectivity index (χ4n) is 10.4. The van der Waals surface area contributed by atoms with Crippen LogP contribution >= 0.6 is 0 Å². The van der Waals surface area contributed by atoms with Gasteiger partial charge in [-0.15, -0.1) is 0 Å². The molecule has 3 heteroatoms. The van der Waals surface area contributed by atoms with Crippen LogP contribution in [-0.2, 0) is 0 Å². The summed E-state index contributed by atoms with van der Waals surface area (Å²) < 4.78 is 5.03. The highest BCUT2D eigenvalue weighted by Gasteiger charge is 2.43. The molecule has 0 unspecified atom stereocenters. The minimum absolute atomic E-state index is 1.14. The van der Waals surface area contributed by atoms with Crippen LogP contribution in [0.1, 0.15) is 0 Å². The molecule has 0 saturated heterocycles. The molecule has 12 rings (SSSR count). The van der Waals surface area contributed by atoms with Gasteiger partial charge in [0, 0.05) is 32.8 Å². The quantitative estimate of drug-likeness (QED) is 0.107. The Morgan fingerprint density at radius 1 is 0.286 bits per heavy atom. The lowest BCUT2D eigenvalue weighted by molar-refractivity contribution is 1.17. The Morgan fingerprint density at radius 3 is 1.43 bits per heavy atom. The molecule has 0 aliphatic heterocycles. The van der Waals surface area contributed by atoms with Crippen molar-refractivity contribution in [2.45, 2.75) is 0 Å². The van der Waals surface area contributed by atoms with Gasteiger partial charge in [0.15, 0.2) is 8.07 Å². The number of fused-ring (bicyclic) bond motifs is 6. The first-order valence-electron chi connectivity index (χ1n) is 21.8. The van der Waals surface area contributed by atoms with E-state index in [-0.39, 0.29) is 0 Å². The minimum Gasteiger partial charge on any atom is -0.309 e. The van der Waals surface area contributed by atoms with Crippen molar-refractivity contribution in [3.63, 3.8) is 0 Å². The van der Waals surface area contributed by atoms with Gasteiger partial charge < -0.3 is 9.13 Å². The standard InChI is InChI=1S/C60H42N2Si/c1-5-21-43(22-6-1)44-23-19-24-45(41-44)50-31-13-16-35-55(50)62-57-37-18-15-33-52(57)54-42-46(39-40-58(54)62)61-56-36-17-14-32-51(56)53-34-20-38-59(60(53)61)63(47-25-7-2-8-26-47,48-27-9-3-10-28-48)49-29-11-4-12-30-49/h1-42H. The van der Waals surface area contributed by atoms with Crippen LogP contribution in [0, 0.1) is 0 Å². The lowest BCUT2D eigenvalue weighted by Crippen LogP contribution is -2.75. The summed E-state index contributed by atoms with van der Waals surface area (Å²) in [6.45, 7) is 0. The van der Waals surface area contributed by atoms with E-state index < -0.39 is 8.07 Å². The second-order valence-corrected chi connectivity index (χ2v) is 20.2. The molecule has 296 valence electrons. The average molecular weight is 819 g/mol. The summed E-state index contributed by atoms with van der Waals surface area (Å²) in [6, 6.07) is 94.3. The first-order chi connectivity index (χ1) is 31.3. The molecule has 63 heavy (non-hydrogen) atoms. The third-order valence-corrected chi connectivity index (χ3v) is 17.9. The van der Waals surface area contributed by atoms with Gasteiger partial charge in [0.05, 0.1) is 27.8 Å². The fraction of sp³-hybridized carbons (Fsp3) is 0. The van der Waals surface area contributed by atoms with Gasteiger partial charge in [-0.2, -0.15) is 0 Å². The molecule has 0 atom stereocenters. The molecule has 0 aliphatic carbocycles. The highest BCUT2D eigenvalue weighted by molar-refractivity contribution is 7.20. The molecule has 12 aromatic rings. The van der Waals surface area contributed by atoms with Crippen LogP contribution in [0.5, 0.6) is 0 Å². The van der Waals surface area contributed by atoms with Crippen molar-refractivity contribution in [1.82, 2.24) is 9.13 Å². The van der Waals surface area contributed by atoms with E-state index in [2.05, 4.69) is 264 Å². The third kappa shape index (κ3) is 5.85. The van der Waals surface area contributed by atoms with Crippen LogP contribution in [0.15, 0.2) is 255 Å². The fourth-order valence-corrected chi connectivity index (χ4v) is 15.3. The van der Waals surface area contributed by atoms with Gasteiger partial charge in [-0.1, -0.05) is 212 Å². The zero-order valence-electron chi connectivity index (χ0n) is 34.6. The average Bonchev–Trinajstić information content (AvgIpc) is 3.88. The normalized spacial score (nSPS) is 11.8. The first-order valence-corrected chi connectivity index (χ1v) is 23.8. The second kappa shape index (κ2) is 15.2. The molecule has 0 fully saturated rings. The summed E-state index contributed by atoms with van der Waals surface area (Å²) in [4.78, 5) is 0. The number of para-hydroxylation sites is 4. The third-order valence-electron chi connectivity index (χ3n) is 13.1. The van der Waals surface area contributed by atoms with E-state index in [1.165, 1.54) is 86.6 Å². The van der Waals surface area contributed by atoms with Crippen molar-refractivity contribution in [2.75, 3.05) is 0 Å². The number of rotatable bonds is 8. The summed E-state index contributed by atoms with van der Waals surface area (Å²) in [5.41, 5.74) is 11.9. The highest BCUT2D eigenvalue weighted by Crippen LogP contribution is 2.39. The Morgan fingerprint density at radius 2 is 0.762 bits per heavy atom. The van der Waals surface area contributed by atoms with Gasteiger partial charge in [0.25, 0.3) is 0 Å². The summed E-state index contributed by atoms with van der Waals surface area (Å²) in [5.74, 6) is 0. The van der Waals surface area contributed by atoms with Crippen molar-refractivity contribution in [1.29, 1.82) is 0 Å². The zero-order chi connectivity index (χ0) is 41.7. The smallest absolute Gasteiger partial charge is 0.181 e. The summed E-state index contributed by atoms with van der Waals surface area (Å²) in [5, 5.41) is 10.4. The van der Waals surface area contributed by atoms with E-state index in [0.29, 0.717) is 0 Å². The van der Waals surface area contributed by atoms with Crippen molar-refractivity contribution in [2.24, 2.45) is 0 Å². The SMILES string of the molecule is c1ccc(-c2cccc(-c3ccccc3-n3c4ccccc4c4cc(-n5c6ccccc6c6cccc([Si](c7ccccc7)(c7ccccc7)c7ccccc7)c65)ccc43)c2)cc1. The van der Waals surface area contributed by atoms with Crippen LogP contribution in [0.3, 0.4) is 0 Å². The Balaban J connectivity index is 1.14. The minimum atomic E-state index is -2.92. The lowest BCUT2D eigenvalue weighted by Gasteiger charge is -2.35. The largest absolute Gasteiger partial charge is 0.309 e. The topological polar surface area (TPSA) is 9.86 Å². The van der Waals surface area contributed by atoms with Gasteiger partial charge >= 0.3 is 0 Å².